The van der Waals surface area contributed by atoms with Crippen molar-refractivity contribution in [2.24, 2.45) is 0 Å². The standard InChI is InChI=1S/C12H6BrCl2FN2O/c13-6-3-10(11(15)17-5-6)18-12(19)8-2-1-7(16)4-9(8)14/h1-5H,(H,18,19). The number of nitrogens with zero attached hydrogens (tertiary/aromatic N) is 1. The predicted octanol–water partition coefficient (Wildman–Crippen LogP) is 4.54. The highest BCUT2D eigenvalue weighted by atomic mass is 79.9. The third kappa shape index (κ3) is 3.43. The molecule has 3 nitrogen and oxygen atoms in total. The van der Waals surface area contributed by atoms with Crippen LogP contribution in [-0.2, 0) is 0 Å². The minimum absolute atomic E-state index is 0.0246. The number of hydrogen-bond acceptors (Lipinski definition) is 2. The zero-order valence-corrected chi connectivity index (χ0v) is 12.4. The first-order chi connectivity index (χ1) is 8.97. The third-order valence-corrected chi connectivity index (χ3v) is 3.28. The zero-order valence-electron chi connectivity index (χ0n) is 9.25. The van der Waals surface area contributed by atoms with E-state index in [4.69, 9.17) is 23.2 Å². The van der Waals surface area contributed by atoms with Crippen LogP contribution in [0.3, 0.4) is 0 Å². The van der Waals surface area contributed by atoms with E-state index in [0.717, 1.165) is 12.1 Å². The van der Waals surface area contributed by atoms with Crippen molar-refractivity contribution in [3.8, 4) is 0 Å². The molecule has 19 heavy (non-hydrogen) atoms. The number of hydrogen-bond donors (Lipinski definition) is 1. The third-order valence-electron chi connectivity index (χ3n) is 2.23. The van der Waals surface area contributed by atoms with E-state index in [2.05, 4.69) is 26.2 Å². The number of anilines is 1. The van der Waals surface area contributed by atoms with Gasteiger partial charge in [0.1, 0.15) is 5.82 Å². The summed E-state index contributed by atoms with van der Waals surface area (Å²) in [6.45, 7) is 0. The number of amides is 1. The van der Waals surface area contributed by atoms with Crippen molar-refractivity contribution in [1.82, 2.24) is 4.98 Å². The van der Waals surface area contributed by atoms with Crippen LogP contribution in [0.4, 0.5) is 10.1 Å². The van der Waals surface area contributed by atoms with Gasteiger partial charge in [-0.2, -0.15) is 0 Å². The van der Waals surface area contributed by atoms with Crippen LogP contribution in [-0.4, -0.2) is 10.9 Å². The van der Waals surface area contributed by atoms with E-state index in [9.17, 15) is 9.18 Å². The summed E-state index contributed by atoms with van der Waals surface area (Å²) >= 11 is 14.9. The van der Waals surface area contributed by atoms with Crippen molar-refractivity contribution >= 4 is 50.7 Å². The number of carbonyl (C=O) groups is 1. The largest absolute Gasteiger partial charge is 0.319 e. The van der Waals surface area contributed by atoms with Gasteiger partial charge in [0.05, 0.1) is 16.3 Å². The average molecular weight is 364 g/mol. The number of carbonyl (C=O) groups excluding carboxylic acids is 1. The normalized spacial score (nSPS) is 10.3. The topological polar surface area (TPSA) is 42.0 Å². The van der Waals surface area contributed by atoms with Crippen molar-refractivity contribution < 1.29 is 9.18 Å². The molecule has 0 saturated heterocycles. The van der Waals surface area contributed by atoms with Gasteiger partial charge in [-0.3, -0.25) is 4.79 Å². The molecule has 1 aromatic heterocycles. The molecule has 0 atom stereocenters. The van der Waals surface area contributed by atoms with E-state index in [1.807, 2.05) is 0 Å². The van der Waals surface area contributed by atoms with E-state index >= 15 is 0 Å². The molecule has 2 aromatic rings. The number of rotatable bonds is 2. The summed E-state index contributed by atoms with van der Waals surface area (Å²) in [4.78, 5) is 15.9. The number of nitrogens with one attached hydrogen (secondary N) is 1. The summed E-state index contributed by atoms with van der Waals surface area (Å²) in [5.74, 6) is -1.00. The van der Waals surface area contributed by atoms with Crippen molar-refractivity contribution in [2.45, 2.75) is 0 Å². The number of halogens is 4. The van der Waals surface area contributed by atoms with E-state index in [0.29, 0.717) is 10.2 Å². The first kappa shape index (κ1) is 14.2. The molecule has 0 unspecified atom stereocenters. The SMILES string of the molecule is O=C(Nc1cc(Br)cnc1Cl)c1ccc(F)cc1Cl. The van der Waals surface area contributed by atoms with E-state index in [1.54, 1.807) is 6.07 Å². The molecule has 0 spiro atoms. The Balaban J connectivity index is 2.28. The fourth-order valence-electron chi connectivity index (χ4n) is 1.37. The fourth-order valence-corrected chi connectivity index (χ4v) is 2.11. The average Bonchev–Trinajstić information content (AvgIpc) is 2.33. The molecule has 1 heterocycles. The second-order valence-electron chi connectivity index (χ2n) is 3.57. The number of benzene rings is 1. The molecule has 1 aromatic carbocycles. The van der Waals surface area contributed by atoms with Gasteiger partial charge in [0.15, 0.2) is 5.15 Å². The van der Waals surface area contributed by atoms with Crippen LogP contribution in [0.2, 0.25) is 10.2 Å². The van der Waals surface area contributed by atoms with Crippen molar-refractivity contribution in [1.29, 1.82) is 0 Å². The maximum absolute atomic E-state index is 12.9. The lowest BCUT2D eigenvalue weighted by atomic mass is 10.2. The van der Waals surface area contributed by atoms with Crippen LogP contribution in [0.1, 0.15) is 10.4 Å². The van der Waals surface area contributed by atoms with Crippen molar-refractivity contribution in [3.63, 3.8) is 0 Å². The van der Waals surface area contributed by atoms with Gasteiger partial charge in [-0.05, 0) is 40.2 Å². The Morgan fingerprint density at radius 1 is 1.32 bits per heavy atom. The van der Waals surface area contributed by atoms with Crippen LogP contribution in [0.5, 0.6) is 0 Å². The Bertz CT molecular complexity index is 652. The van der Waals surface area contributed by atoms with Gasteiger partial charge in [-0.15, -0.1) is 0 Å². The maximum atomic E-state index is 12.9. The van der Waals surface area contributed by atoms with Crippen LogP contribution in [0, 0.1) is 5.82 Å². The Labute approximate surface area is 126 Å². The van der Waals surface area contributed by atoms with Gasteiger partial charge in [0.25, 0.3) is 5.91 Å². The van der Waals surface area contributed by atoms with Gasteiger partial charge in [-0.1, -0.05) is 23.2 Å². The van der Waals surface area contributed by atoms with E-state index in [1.165, 1.54) is 12.3 Å². The molecule has 0 fully saturated rings. The Morgan fingerprint density at radius 3 is 2.74 bits per heavy atom. The quantitative estimate of drug-likeness (QED) is 0.795. The van der Waals surface area contributed by atoms with Crippen LogP contribution in [0.15, 0.2) is 34.9 Å². The molecule has 0 aliphatic rings. The molecule has 0 aliphatic heterocycles. The molecule has 2 rings (SSSR count). The lowest BCUT2D eigenvalue weighted by Gasteiger charge is -2.08. The second kappa shape index (κ2) is 5.86. The molecule has 1 amide bonds. The van der Waals surface area contributed by atoms with Gasteiger partial charge in [0, 0.05) is 10.7 Å². The maximum Gasteiger partial charge on any atom is 0.257 e. The lowest BCUT2D eigenvalue weighted by Crippen LogP contribution is -2.13. The van der Waals surface area contributed by atoms with Crippen molar-refractivity contribution in [2.75, 3.05) is 5.32 Å². The van der Waals surface area contributed by atoms with Gasteiger partial charge in [0.2, 0.25) is 0 Å². The minimum atomic E-state index is -0.510. The summed E-state index contributed by atoms with van der Waals surface area (Å²) in [7, 11) is 0. The second-order valence-corrected chi connectivity index (χ2v) is 5.25. The summed E-state index contributed by atoms with van der Waals surface area (Å²) in [5.41, 5.74) is 0.487. The van der Waals surface area contributed by atoms with Gasteiger partial charge < -0.3 is 5.32 Å². The molecule has 0 radical (unpaired) electrons. The first-order valence-corrected chi connectivity index (χ1v) is 6.59. The predicted molar refractivity (Wildman–Crippen MR) is 76.3 cm³/mol. The molecule has 0 aliphatic carbocycles. The van der Waals surface area contributed by atoms with Crippen LogP contribution >= 0.6 is 39.1 Å². The number of pyridine rings is 1. The molecule has 0 bridgehead atoms. The molecule has 0 saturated carbocycles. The molecular weight excluding hydrogens is 358 g/mol. The van der Waals surface area contributed by atoms with Crippen LogP contribution in [0.25, 0.3) is 0 Å². The monoisotopic (exact) mass is 362 g/mol. The van der Waals surface area contributed by atoms with Gasteiger partial charge >= 0.3 is 0 Å². The highest BCUT2D eigenvalue weighted by Crippen LogP contribution is 2.25. The van der Waals surface area contributed by atoms with Crippen molar-refractivity contribution in [3.05, 3.63) is 56.5 Å². The molecule has 98 valence electrons. The Hall–Kier alpha value is -1.17. The highest BCUT2D eigenvalue weighted by Gasteiger charge is 2.13. The summed E-state index contributed by atoms with van der Waals surface area (Å²) in [6, 6.07) is 5.12. The number of aromatic nitrogens is 1. The molecule has 7 heteroatoms. The minimum Gasteiger partial charge on any atom is -0.319 e. The van der Waals surface area contributed by atoms with E-state index < -0.39 is 11.7 Å². The Kier molecular flexibility index (Phi) is 4.39. The fraction of sp³-hybridized carbons (Fsp3) is 0. The summed E-state index contributed by atoms with van der Waals surface area (Å²) < 4.78 is 13.6. The van der Waals surface area contributed by atoms with E-state index in [-0.39, 0.29) is 15.7 Å². The zero-order chi connectivity index (χ0) is 14.0. The smallest absolute Gasteiger partial charge is 0.257 e. The summed E-state index contributed by atoms with van der Waals surface area (Å²) in [5, 5.41) is 2.73. The Morgan fingerprint density at radius 2 is 2.05 bits per heavy atom. The lowest BCUT2D eigenvalue weighted by molar-refractivity contribution is 0.102. The summed E-state index contributed by atoms with van der Waals surface area (Å²) in [6.07, 6.45) is 1.50. The van der Waals surface area contributed by atoms with Crippen LogP contribution < -0.4 is 5.32 Å². The first-order valence-electron chi connectivity index (χ1n) is 5.05. The molecular formula is C12H6BrCl2FN2O. The molecule has 1 N–H and O–H groups in total. The van der Waals surface area contributed by atoms with Gasteiger partial charge in [-0.25, -0.2) is 9.37 Å². The highest BCUT2D eigenvalue weighted by molar-refractivity contribution is 9.10.